The molecular formula is C18H16Cl2N2O3. The zero-order valence-electron chi connectivity index (χ0n) is 13.5. The molecule has 1 saturated heterocycles. The number of hydrogen-bond donors (Lipinski definition) is 1. The second-order valence-corrected chi connectivity index (χ2v) is 6.37. The molecule has 0 spiro atoms. The maximum absolute atomic E-state index is 12.7. The van der Waals surface area contributed by atoms with E-state index in [0.29, 0.717) is 17.3 Å². The molecule has 1 aliphatic rings. The highest BCUT2D eigenvalue weighted by Crippen LogP contribution is 2.33. The quantitative estimate of drug-likeness (QED) is 0.794. The fraction of sp³-hybridized carbons (Fsp3) is 0.222. The van der Waals surface area contributed by atoms with Crippen LogP contribution < -0.4 is 15.0 Å². The summed E-state index contributed by atoms with van der Waals surface area (Å²) < 4.78 is 5.38. The minimum absolute atomic E-state index is 0.0605. The maximum atomic E-state index is 12.7. The number of rotatable bonds is 5. The number of carbonyl (C=O) groups excluding carboxylic acids is 2. The van der Waals surface area contributed by atoms with Gasteiger partial charge in [0.2, 0.25) is 5.91 Å². The summed E-state index contributed by atoms with van der Waals surface area (Å²) in [5.41, 5.74) is 1.08. The number of benzene rings is 2. The van der Waals surface area contributed by atoms with Crippen molar-refractivity contribution in [3.05, 3.63) is 52.5 Å². The summed E-state index contributed by atoms with van der Waals surface area (Å²) in [7, 11) is 0. The Kier molecular flexibility index (Phi) is 5.16. The highest BCUT2D eigenvalue weighted by atomic mass is 35.5. The summed E-state index contributed by atoms with van der Waals surface area (Å²) >= 11 is 12.0. The second kappa shape index (κ2) is 7.33. The molecular weight excluding hydrogens is 363 g/mol. The highest BCUT2D eigenvalue weighted by molar-refractivity contribution is 6.38. The van der Waals surface area contributed by atoms with Crippen molar-refractivity contribution >= 4 is 46.4 Å². The molecule has 25 heavy (non-hydrogen) atoms. The molecule has 1 N–H and O–H groups in total. The Morgan fingerprint density at radius 1 is 1.16 bits per heavy atom. The lowest BCUT2D eigenvalue weighted by Gasteiger charge is -2.17. The molecule has 7 heteroatoms. The molecule has 0 radical (unpaired) electrons. The van der Waals surface area contributed by atoms with Crippen molar-refractivity contribution in [2.45, 2.75) is 19.4 Å². The van der Waals surface area contributed by atoms with E-state index in [1.165, 1.54) is 6.07 Å². The average Bonchev–Trinajstić information content (AvgIpc) is 2.84. The van der Waals surface area contributed by atoms with Crippen LogP contribution in [0.2, 0.25) is 10.0 Å². The van der Waals surface area contributed by atoms with Gasteiger partial charge in [0.05, 0.1) is 23.7 Å². The minimum Gasteiger partial charge on any atom is -0.494 e. The number of nitrogens with one attached hydrogen (secondary N) is 1. The number of hydrogen-bond acceptors (Lipinski definition) is 4. The van der Waals surface area contributed by atoms with E-state index in [1.54, 1.807) is 36.4 Å². The van der Waals surface area contributed by atoms with Crippen molar-refractivity contribution < 1.29 is 14.3 Å². The van der Waals surface area contributed by atoms with E-state index in [0.717, 1.165) is 16.3 Å². The molecule has 3 rings (SSSR count). The fourth-order valence-electron chi connectivity index (χ4n) is 2.68. The van der Waals surface area contributed by atoms with Gasteiger partial charge in [-0.1, -0.05) is 23.2 Å². The monoisotopic (exact) mass is 378 g/mol. The van der Waals surface area contributed by atoms with Gasteiger partial charge < -0.3 is 10.1 Å². The van der Waals surface area contributed by atoms with E-state index < -0.39 is 6.04 Å². The summed E-state index contributed by atoms with van der Waals surface area (Å²) in [5, 5.41) is 3.79. The third-order valence-corrected chi connectivity index (χ3v) is 4.34. The van der Waals surface area contributed by atoms with Crippen LogP contribution in [0.1, 0.15) is 13.3 Å². The molecule has 1 heterocycles. The number of ether oxygens (including phenoxy) is 1. The van der Waals surface area contributed by atoms with Crippen LogP contribution in [0.3, 0.4) is 0 Å². The Labute approximate surface area is 155 Å². The molecule has 2 aromatic carbocycles. The molecule has 0 aliphatic carbocycles. The maximum Gasteiger partial charge on any atom is 0.256 e. The molecule has 1 fully saturated rings. The first-order chi connectivity index (χ1) is 12.0. The van der Waals surface area contributed by atoms with Gasteiger partial charge in [-0.3, -0.25) is 9.59 Å². The smallest absolute Gasteiger partial charge is 0.256 e. The minimum atomic E-state index is -0.641. The zero-order valence-corrected chi connectivity index (χ0v) is 15.0. The molecule has 0 bridgehead atoms. The van der Waals surface area contributed by atoms with Gasteiger partial charge in [0.15, 0.2) is 0 Å². The van der Waals surface area contributed by atoms with E-state index in [4.69, 9.17) is 27.9 Å². The largest absolute Gasteiger partial charge is 0.494 e. The van der Waals surface area contributed by atoms with Crippen LogP contribution in [0.25, 0.3) is 0 Å². The molecule has 130 valence electrons. The van der Waals surface area contributed by atoms with Crippen LogP contribution >= 0.6 is 23.2 Å². The van der Waals surface area contributed by atoms with Crippen LogP contribution in [0.4, 0.5) is 11.4 Å². The van der Waals surface area contributed by atoms with Crippen molar-refractivity contribution in [1.29, 1.82) is 0 Å². The zero-order chi connectivity index (χ0) is 18.0. The van der Waals surface area contributed by atoms with E-state index in [1.807, 2.05) is 6.92 Å². The first-order valence-corrected chi connectivity index (χ1v) is 8.56. The van der Waals surface area contributed by atoms with Crippen LogP contribution in [0, 0.1) is 0 Å². The number of halogens is 2. The van der Waals surface area contributed by atoms with E-state index in [2.05, 4.69) is 5.32 Å². The van der Waals surface area contributed by atoms with E-state index >= 15 is 0 Å². The Morgan fingerprint density at radius 3 is 2.52 bits per heavy atom. The molecule has 1 atom stereocenters. The van der Waals surface area contributed by atoms with Gasteiger partial charge in [-0.25, -0.2) is 4.90 Å². The van der Waals surface area contributed by atoms with Gasteiger partial charge in [0.25, 0.3) is 5.91 Å². The number of carbonyl (C=O) groups is 2. The Morgan fingerprint density at radius 2 is 1.88 bits per heavy atom. The summed E-state index contributed by atoms with van der Waals surface area (Å²) in [6, 6.07) is 11.3. The van der Waals surface area contributed by atoms with Gasteiger partial charge in [0.1, 0.15) is 11.8 Å². The summed E-state index contributed by atoms with van der Waals surface area (Å²) in [5.74, 6) is 0.0946. The lowest BCUT2D eigenvalue weighted by Crippen LogP contribution is -2.35. The average molecular weight is 379 g/mol. The highest BCUT2D eigenvalue weighted by Gasteiger charge is 2.40. The Bertz CT molecular complexity index is 808. The molecule has 0 aromatic heterocycles. The van der Waals surface area contributed by atoms with E-state index in [-0.39, 0.29) is 23.3 Å². The van der Waals surface area contributed by atoms with Crippen LogP contribution in [-0.2, 0) is 9.59 Å². The first kappa shape index (κ1) is 17.6. The predicted octanol–water partition coefficient (Wildman–Crippen LogP) is 4.14. The van der Waals surface area contributed by atoms with E-state index in [9.17, 15) is 9.59 Å². The Balaban J connectivity index is 1.76. The third kappa shape index (κ3) is 3.72. The standard InChI is InChI=1S/C18H16Cl2N2O3/c1-2-25-13-6-4-12(5-7-13)21-15-10-17(23)22(18(15)24)16-8-3-11(19)9-14(16)20/h3-9,15,21H,2,10H2,1H3. The lowest BCUT2D eigenvalue weighted by atomic mass is 10.2. The summed E-state index contributed by atoms with van der Waals surface area (Å²) in [6.07, 6.45) is 0.0605. The normalized spacial score (nSPS) is 17.1. The van der Waals surface area contributed by atoms with Crippen LogP contribution in [0.15, 0.2) is 42.5 Å². The predicted molar refractivity (Wildman–Crippen MR) is 98.6 cm³/mol. The lowest BCUT2D eigenvalue weighted by molar-refractivity contribution is -0.121. The summed E-state index contributed by atoms with van der Waals surface area (Å²) in [6.45, 7) is 2.49. The topological polar surface area (TPSA) is 58.6 Å². The van der Waals surface area contributed by atoms with Crippen molar-refractivity contribution in [3.63, 3.8) is 0 Å². The number of amides is 2. The van der Waals surface area contributed by atoms with Crippen molar-refractivity contribution in [2.24, 2.45) is 0 Å². The molecule has 1 unspecified atom stereocenters. The van der Waals surface area contributed by atoms with Crippen molar-refractivity contribution in [1.82, 2.24) is 0 Å². The third-order valence-electron chi connectivity index (χ3n) is 3.80. The van der Waals surface area contributed by atoms with Gasteiger partial charge in [-0.15, -0.1) is 0 Å². The van der Waals surface area contributed by atoms with Crippen LogP contribution in [-0.4, -0.2) is 24.5 Å². The number of anilines is 2. The van der Waals surface area contributed by atoms with Gasteiger partial charge in [-0.2, -0.15) is 0 Å². The molecule has 2 aromatic rings. The SMILES string of the molecule is CCOc1ccc(NC2CC(=O)N(c3ccc(Cl)cc3Cl)C2=O)cc1. The van der Waals surface area contributed by atoms with Crippen molar-refractivity contribution in [3.8, 4) is 5.75 Å². The fourth-order valence-corrected chi connectivity index (χ4v) is 3.17. The summed E-state index contributed by atoms with van der Waals surface area (Å²) in [4.78, 5) is 26.1. The molecule has 0 saturated carbocycles. The first-order valence-electron chi connectivity index (χ1n) is 7.81. The van der Waals surface area contributed by atoms with Gasteiger partial charge in [0, 0.05) is 10.7 Å². The number of nitrogens with zero attached hydrogens (tertiary/aromatic N) is 1. The molecule has 1 aliphatic heterocycles. The Hall–Kier alpha value is -2.24. The molecule has 2 amide bonds. The second-order valence-electron chi connectivity index (χ2n) is 5.52. The van der Waals surface area contributed by atoms with Crippen molar-refractivity contribution in [2.75, 3.05) is 16.8 Å². The van der Waals surface area contributed by atoms with Crippen LogP contribution in [0.5, 0.6) is 5.75 Å². The molecule has 5 nitrogen and oxygen atoms in total. The van der Waals surface area contributed by atoms with Gasteiger partial charge >= 0.3 is 0 Å². The van der Waals surface area contributed by atoms with Gasteiger partial charge in [-0.05, 0) is 49.4 Å². The number of imide groups is 1.